The minimum Gasteiger partial charge on any atom is -0.460 e. The second-order valence-corrected chi connectivity index (χ2v) is 7.41. The molecule has 4 heteroatoms. The highest BCUT2D eigenvalue weighted by molar-refractivity contribution is 6.00. The van der Waals surface area contributed by atoms with Crippen LogP contribution in [-0.2, 0) is 9.53 Å². The van der Waals surface area contributed by atoms with Crippen molar-refractivity contribution in [2.24, 2.45) is 23.2 Å². The van der Waals surface area contributed by atoms with Crippen LogP contribution in [0.1, 0.15) is 61.9 Å². The fourth-order valence-corrected chi connectivity index (χ4v) is 3.84. The SMILES string of the molecule is Cc1coc2c1[C@@H](OC(=O)C(C)C)[C@@]1(C)[C@H](C=CC[C@@H]1C)C2=O. The van der Waals surface area contributed by atoms with Crippen LogP contribution in [0.3, 0.4) is 0 Å². The molecule has 0 saturated carbocycles. The van der Waals surface area contributed by atoms with Crippen molar-refractivity contribution in [2.45, 2.75) is 47.1 Å². The van der Waals surface area contributed by atoms with Crippen LogP contribution in [0.25, 0.3) is 0 Å². The second-order valence-electron chi connectivity index (χ2n) is 7.41. The Morgan fingerprint density at radius 1 is 1.43 bits per heavy atom. The van der Waals surface area contributed by atoms with Crippen LogP contribution in [0.15, 0.2) is 22.8 Å². The van der Waals surface area contributed by atoms with E-state index in [2.05, 4.69) is 19.9 Å². The number of hydrogen-bond acceptors (Lipinski definition) is 4. The van der Waals surface area contributed by atoms with Gasteiger partial charge in [0.1, 0.15) is 6.10 Å². The van der Waals surface area contributed by atoms with Crippen molar-refractivity contribution < 1.29 is 18.7 Å². The van der Waals surface area contributed by atoms with Gasteiger partial charge in [-0.05, 0) is 24.8 Å². The van der Waals surface area contributed by atoms with Gasteiger partial charge in [0, 0.05) is 11.0 Å². The Morgan fingerprint density at radius 2 is 2.13 bits per heavy atom. The molecule has 0 amide bonds. The largest absolute Gasteiger partial charge is 0.460 e. The summed E-state index contributed by atoms with van der Waals surface area (Å²) >= 11 is 0. The number of ether oxygens (including phenoxy) is 1. The number of Topliss-reactive ketones (excluding diaryl/α,β-unsaturated/α-hetero) is 1. The summed E-state index contributed by atoms with van der Waals surface area (Å²) in [6, 6.07) is 0. The van der Waals surface area contributed by atoms with E-state index in [-0.39, 0.29) is 29.5 Å². The van der Waals surface area contributed by atoms with Crippen LogP contribution in [0.2, 0.25) is 0 Å². The van der Waals surface area contributed by atoms with Gasteiger partial charge >= 0.3 is 5.97 Å². The summed E-state index contributed by atoms with van der Waals surface area (Å²) in [5.41, 5.74) is 1.18. The Labute approximate surface area is 136 Å². The maximum Gasteiger partial charge on any atom is 0.309 e. The Balaban J connectivity index is 2.17. The zero-order chi connectivity index (χ0) is 16.9. The molecule has 0 aromatic carbocycles. The summed E-state index contributed by atoms with van der Waals surface area (Å²) in [7, 11) is 0. The molecule has 0 spiro atoms. The molecule has 2 aliphatic rings. The van der Waals surface area contributed by atoms with Crippen molar-refractivity contribution in [1.29, 1.82) is 0 Å². The first-order chi connectivity index (χ1) is 10.8. The van der Waals surface area contributed by atoms with E-state index in [1.54, 1.807) is 6.26 Å². The molecule has 0 unspecified atom stereocenters. The monoisotopic (exact) mass is 316 g/mol. The lowest BCUT2D eigenvalue weighted by Gasteiger charge is -2.49. The number of fused-ring (bicyclic) bond motifs is 2. The molecule has 1 aromatic heterocycles. The first-order valence-corrected chi connectivity index (χ1v) is 8.27. The molecule has 0 fully saturated rings. The predicted octanol–water partition coefficient (Wildman–Crippen LogP) is 4.24. The average molecular weight is 316 g/mol. The van der Waals surface area contributed by atoms with Gasteiger partial charge in [0.15, 0.2) is 5.76 Å². The maximum absolute atomic E-state index is 12.9. The number of carbonyl (C=O) groups excluding carboxylic acids is 2. The van der Waals surface area contributed by atoms with Gasteiger partial charge < -0.3 is 9.15 Å². The minimum atomic E-state index is -0.450. The lowest BCUT2D eigenvalue weighted by atomic mass is 9.56. The fraction of sp³-hybridized carbons (Fsp3) is 0.579. The van der Waals surface area contributed by atoms with Crippen molar-refractivity contribution >= 4 is 11.8 Å². The van der Waals surface area contributed by atoms with Gasteiger partial charge in [-0.15, -0.1) is 0 Å². The molecule has 1 aromatic rings. The summed E-state index contributed by atoms with van der Waals surface area (Å²) in [6.45, 7) is 9.74. The average Bonchev–Trinajstić information content (AvgIpc) is 2.87. The van der Waals surface area contributed by atoms with Crippen LogP contribution in [0.5, 0.6) is 0 Å². The van der Waals surface area contributed by atoms with Crippen LogP contribution in [0.4, 0.5) is 0 Å². The van der Waals surface area contributed by atoms with Gasteiger partial charge in [0.05, 0.1) is 18.1 Å². The molecular weight excluding hydrogens is 292 g/mol. The zero-order valence-corrected chi connectivity index (χ0v) is 14.4. The van der Waals surface area contributed by atoms with E-state index in [9.17, 15) is 9.59 Å². The summed E-state index contributed by atoms with van der Waals surface area (Å²) in [5.74, 6) is -0.180. The van der Waals surface area contributed by atoms with E-state index in [4.69, 9.17) is 9.15 Å². The van der Waals surface area contributed by atoms with Crippen LogP contribution < -0.4 is 0 Å². The molecule has 4 atom stereocenters. The first-order valence-electron chi connectivity index (χ1n) is 8.27. The third kappa shape index (κ3) is 2.19. The number of carbonyl (C=O) groups is 2. The molecule has 0 bridgehead atoms. The summed E-state index contributed by atoms with van der Waals surface area (Å²) in [5, 5.41) is 0. The van der Waals surface area contributed by atoms with Crippen molar-refractivity contribution in [3.8, 4) is 0 Å². The third-order valence-corrected chi connectivity index (χ3v) is 5.61. The Kier molecular flexibility index (Phi) is 3.74. The first kappa shape index (κ1) is 16.0. The van der Waals surface area contributed by atoms with Crippen LogP contribution in [0, 0.1) is 30.1 Å². The van der Waals surface area contributed by atoms with Crippen molar-refractivity contribution in [3.63, 3.8) is 0 Å². The van der Waals surface area contributed by atoms with Gasteiger partial charge in [-0.3, -0.25) is 9.59 Å². The lowest BCUT2D eigenvalue weighted by Crippen LogP contribution is -2.49. The summed E-state index contributed by atoms with van der Waals surface area (Å²) in [4.78, 5) is 25.2. The van der Waals surface area contributed by atoms with Crippen molar-refractivity contribution in [2.75, 3.05) is 0 Å². The molecule has 3 rings (SSSR count). The summed E-state index contributed by atoms with van der Waals surface area (Å²) < 4.78 is 11.5. The molecule has 0 aliphatic heterocycles. The topological polar surface area (TPSA) is 56.5 Å². The van der Waals surface area contributed by atoms with E-state index in [1.165, 1.54) is 0 Å². The zero-order valence-electron chi connectivity index (χ0n) is 14.4. The van der Waals surface area contributed by atoms with E-state index in [0.29, 0.717) is 5.76 Å². The molecule has 0 N–H and O–H groups in total. The van der Waals surface area contributed by atoms with E-state index >= 15 is 0 Å². The third-order valence-electron chi connectivity index (χ3n) is 5.61. The van der Waals surface area contributed by atoms with Crippen LogP contribution >= 0.6 is 0 Å². The van der Waals surface area contributed by atoms with Crippen molar-refractivity contribution in [1.82, 2.24) is 0 Å². The second kappa shape index (κ2) is 5.36. The molecular formula is C19H24O4. The van der Waals surface area contributed by atoms with Gasteiger partial charge in [0.25, 0.3) is 0 Å². The number of aryl methyl sites for hydroxylation is 1. The number of allylic oxidation sites excluding steroid dienone is 2. The van der Waals surface area contributed by atoms with Gasteiger partial charge in [0.2, 0.25) is 5.78 Å². The number of ketones is 1. The molecule has 23 heavy (non-hydrogen) atoms. The quantitative estimate of drug-likeness (QED) is 0.605. The molecule has 124 valence electrons. The van der Waals surface area contributed by atoms with Crippen LogP contribution in [-0.4, -0.2) is 11.8 Å². The summed E-state index contributed by atoms with van der Waals surface area (Å²) in [6.07, 6.45) is 6.03. The number of rotatable bonds is 2. The number of furan rings is 1. The van der Waals surface area contributed by atoms with Gasteiger partial charge in [-0.2, -0.15) is 0 Å². The van der Waals surface area contributed by atoms with E-state index in [1.807, 2.05) is 26.8 Å². The number of esters is 1. The highest BCUT2D eigenvalue weighted by Gasteiger charge is 2.57. The normalized spacial score (nSPS) is 32.6. The Morgan fingerprint density at radius 3 is 2.78 bits per heavy atom. The molecule has 2 aliphatic carbocycles. The van der Waals surface area contributed by atoms with Gasteiger partial charge in [-0.1, -0.05) is 39.8 Å². The molecule has 0 saturated heterocycles. The highest BCUT2D eigenvalue weighted by Crippen LogP contribution is 2.57. The van der Waals surface area contributed by atoms with Crippen molar-refractivity contribution in [3.05, 3.63) is 35.3 Å². The Hall–Kier alpha value is -1.84. The minimum absolute atomic E-state index is 0.00440. The predicted molar refractivity (Wildman–Crippen MR) is 86.0 cm³/mol. The fourth-order valence-electron chi connectivity index (χ4n) is 3.84. The maximum atomic E-state index is 12.9. The molecule has 1 heterocycles. The standard InChI is InChI=1S/C19H24O4/c1-10(2)18(21)23-17-14-11(3)9-22-16(14)15(20)13-8-6-7-12(4)19(13,17)5/h6,8-10,12-13,17H,7H2,1-5H3/t12-,13+,17+,19+/m0/s1. The van der Waals surface area contributed by atoms with Gasteiger partial charge in [-0.25, -0.2) is 0 Å². The molecule has 0 radical (unpaired) electrons. The lowest BCUT2D eigenvalue weighted by molar-refractivity contribution is -0.166. The highest BCUT2D eigenvalue weighted by atomic mass is 16.5. The smallest absolute Gasteiger partial charge is 0.309 e. The molecule has 4 nitrogen and oxygen atoms in total. The number of hydrogen-bond donors (Lipinski definition) is 0. The Bertz CT molecular complexity index is 682. The van der Waals surface area contributed by atoms with E-state index < -0.39 is 11.5 Å². The van der Waals surface area contributed by atoms with E-state index in [0.717, 1.165) is 17.5 Å².